The van der Waals surface area contributed by atoms with Crippen molar-refractivity contribution in [3.8, 4) is 0 Å². The molecule has 2 aliphatic heterocycles. The van der Waals surface area contributed by atoms with E-state index in [0.717, 1.165) is 71.2 Å². The van der Waals surface area contributed by atoms with Crippen LogP contribution < -0.4 is 15.5 Å². The second-order valence-electron chi connectivity index (χ2n) is 8.91. The van der Waals surface area contributed by atoms with Gasteiger partial charge in [0.1, 0.15) is 11.9 Å². The lowest BCUT2D eigenvalue weighted by Crippen LogP contribution is -2.47. The number of nitrogens with one attached hydrogen (secondary N) is 2. The van der Waals surface area contributed by atoms with Crippen molar-refractivity contribution in [1.82, 2.24) is 10.2 Å². The summed E-state index contributed by atoms with van der Waals surface area (Å²) >= 11 is 0. The molecule has 0 radical (unpaired) electrons. The van der Waals surface area contributed by atoms with Gasteiger partial charge in [0.2, 0.25) is 11.8 Å². The third-order valence-electron chi connectivity index (χ3n) is 6.32. The van der Waals surface area contributed by atoms with Crippen molar-refractivity contribution in [3.63, 3.8) is 0 Å². The highest BCUT2D eigenvalue weighted by molar-refractivity contribution is 6.01. The lowest BCUT2D eigenvalue weighted by atomic mass is 10.1. The number of carboxylic acids is 1. The van der Waals surface area contributed by atoms with Crippen LogP contribution in [0.4, 0.5) is 15.8 Å². The smallest absolute Gasteiger partial charge is 0.303 e. The number of carbonyl (C=O) groups is 3. The number of hydrogen-bond donors (Lipinski definition) is 3. The SMILES string of the molecule is O=C(O)CCCCCCCN1CCCN(c2ccc(NC3CCC(=O)NC3=O)cc2F)CC1. The summed E-state index contributed by atoms with van der Waals surface area (Å²) < 4.78 is 14.9. The molecule has 0 spiro atoms. The minimum Gasteiger partial charge on any atom is -0.481 e. The summed E-state index contributed by atoms with van der Waals surface area (Å²) in [6.45, 7) is 4.45. The molecule has 182 valence electrons. The minimum atomic E-state index is -0.722. The number of piperidine rings is 1. The van der Waals surface area contributed by atoms with Crippen molar-refractivity contribution in [2.24, 2.45) is 0 Å². The predicted octanol–water partition coefficient (Wildman–Crippen LogP) is 2.98. The number of rotatable bonds is 11. The fourth-order valence-corrected chi connectivity index (χ4v) is 4.46. The molecular weight excluding hydrogens is 427 g/mol. The van der Waals surface area contributed by atoms with E-state index >= 15 is 0 Å². The number of carboxylic acid groups (broad SMARTS) is 1. The third kappa shape index (κ3) is 7.99. The Balaban J connectivity index is 1.42. The maximum Gasteiger partial charge on any atom is 0.303 e. The molecule has 1 aromatic carbocycles. The molecule has 8 nitrogen and oxygen atoms in total. The van der Waals surface area contributed by atoms with E-state index in [1.54, 1.807) is 12.1 Å². The largest absolute Gasteiger partial charge is 0.481 e. The number of imide groups is 1. The lowest BCUT2D eigenvalue weighted by Gasteiger charge is -2.26. The highest BCUT2D eigenvalue weighted by atomic mass is 19.1. The molecule has 33 heavy (non-hydrogen) atoms. The van der Waals surface area contributed by atoms with Crippen LogP contribution in [0.15, 0.2) is 18.2 Å². The van der Waals surface area contributed by atoms with E-state index in [1.165, 1.54) is 6.07 Å². The van der Waals surface area contributed by atoms with E-state index in [9.17, 15) is 18.8 Å². The van der Waals surface area contributed by atoms with Crippen LogP contribution in [-0.2, 0) is 14.4 Å². The molecule has 1 aromatic rings. The molecule has 0 saturated carbocycles. The van der Waals surface area contributed by atoms with Crippen molar-refractivity contribution < 1.29 is 23.9 Å². The molecule has 9 heteroatoms. The van der Waals surface area contributed by atoms with Gasteiger partial charge in [0.05, 0.1) is 5.69 Å². The molecule has 2 heterocycles. The normalized spacial score (nSPS) is 19.8. The van der Waals surface area contributed by atoms with Crippen molar-refractivity contribution in [1.29, 1.82) is 0 Å². The van der Waals surface area contributed by atoms with Crippen LogP contribution in [0, 0.1) is 5.82 Å². The molecule has 1 unspecified atom stereocenters. The van der Waals surface area contributed by atoms with Gasteiger partial charge in [-0.05, 0) is 57.0 Å². The number of amides is 2. The average molecular weight is 463 g/mol. The number of unbranched alkanes of at least 4 members (excludes halogenated alkanes) is 4. The first kappa shape index (κ1) is 25.0. The molecule has 2 amide bonds. The molecule has 0 aromatic heterocycles. The van der Waals surface area contributed by atoms with Gasteiger partial charge in [-0.3, -0.25) is 19.7 Å². The molecule has 2 aliphatic rings. The second kappa shape index (κ2) is 12.5. The van der Waals surface area contributed by atoms with Gasteiger partial charge in [-0.15, -0.1) is 0 Å². The Morgan fingerprint density at radius 2 is 1.88 bits per heavy atom. The Kier molecular flexibility index (Phi) is 9.47. The van der Waals surface area contributed by atoms with Gasteiger partial charge in [-0.2, -0.15) is 0 Å². The van der Waals surface area contributed by atoms with Gasteiger partial charge in [0, 0.05) is 38.2 Å². The van der Waals surface area contributed by atoms with Gasteiger partial charge in [0.15, 0.2) is 0 Å². The van der Waals surface area contributed by atoms with Crippen LogP contribution in [0.3, 0.4) is 0 Å². The minimum absolute atomic E-state index is 0.256. The van der Waals surface area contributed by atoms with Crippen LogP contribution in [0.5, 0.6) is 0 Å². The van der Waals surface area contributed by atoms with Crippen LogP contribution in [0.25, 0.3) is 0 Å². The third-order valence-corrected chi connectivity index (χ3v) is 6.32. The quantitative estimate of drug-likeness (QED) is 0.343. The van der Waals surface area contributed by atoms with Crippen LogP contribution in [0.1, 0.15) is 57.8 Å². The highest BCUT2D eigenvalue weighted by Gasteiger charge is 2.26. The standard InChI is InChI=1S/C24H35FN4O4/c25-19-17-18(26-20-9-11-22(30)27-24(20)33)8-10-21(19)29-14-6-13-28(15-16-29)12-5-3-1-2-4-7-23(31)32/h8,10,17,20,26H,1-7,9,11-16H2,(H,31,32)(H,27,30,33). The molecule has 1 atom stereocenters. The van der Waals surface area contributed by atoms with Crippen LogP contribution in [0.2, 0.25) is 0 Å². The zero-order valence-electron chi connectivity index (χ0n) is 19.2. The Hall–Kier alpha value is -2.68. The van der Waals surface area contributed by atoms with Gasteiger partial charge < -0.3 is 20.2 Å². The van der Waals surface area contributed by atoms with Crippen LogP contribution in [-0.4, -0.2) is 66.6 Å². The number of aliphatic carboxylic acids is 1. The number of benzene rings is 1. The van der Waals surface area contributed by atoms with Crippen molar-refractivity contribution in [3.05, 3.63) is 24.0 Å². The first-order valence-electron chi connectivity index (χ1n) is 12.0. The highest BCUT2D eigenvalue weighted by Crippen LogP contribution is 2.25. The van der Waals surface area contributed by atoms with Gasteiger partial charge in [-0.1, -0.05) is 19.3 Å². The first-order chi connectivity index (χ1) is 15.9. The molecule has 2 fully saturated rings. The monoisotopic (exact) mass is 462 g/mol. The fraction of sp³-hybridized carbons (Fsp3) is 0.625. The summed E-state index contributed by atoms with van der Waals surface area (Å²) in [5.41, 5.74) is 1.11. The van der Waals surface area contributed by atoms with E-state index < -0.39 is 12.0 Å². The first-order valence-corrected chi connectivity index (χ1v) is 12.0. The summed E-state index contributed by atoms with van der Waals surface area (Å²) in [4.78, 5) is 38.2. The summed E-state index contributed by atoms with van der Waals surface area (Å²) in [5, 5.41) is 14.0. The van der Waals surface area contributed by atoms with Gasteiger partial charge in [0.25, 0.3) is 0 Å². The predicted molar refractivity (Wildman–Crippen MR) is 125 cm³/mol. The lowest BCUT2D eigenvalue weighted by molar-refractivity contribution is -0.137. The van der Waals surface area contributed by atoms with E-state index in [2.05, 4.69) is 20.4 Å². The molecule has 0 bridgehead atoms. The Morgan fingerprint density at radius 3 is 2.64 bits per heavy atom. The average Bonchev–Trinajstić information content (AvgIpc) is 3.00. The number of anilines is 2. The molecule has 0 aliphatic carbocycles. The van der Waals surface area contributed by atoms with Crippen molar-refractivity contribution in [2.75, 3.05) is 42.9 Å². The summed E-state index contributed by atoms with van der Waals surface area (Å²) in [7, 11) is 0. The van der Waals surface area contributed by atoms with Crippen molar-refractivity contribution >= 4 is 29.2 Å². The maximum absolute atomic E-state index is 14.9. The number of hydrogen-bond acceptors (Lipinski definition) is 6. The van der Waals surface area contributed by atoms with Gasteiger partial charge in [-0.25, -0.2) is 4.39 Å². The molecule has 3 rings (SSSR count). The Labute approximate surface area is 194 Å². The second-order valence-corrected chi connectivity index (χ2v) is 8.91. The molecule has 3 N–H and O–H groups in total. The molecule has 2 saturated heterocycles. The van der Waals surface area contributed by atoms with Crippen molar-refractivity contribution in [2.45, 2.75) is 63.8 Å². The zero-order valence-corrected chi connectivity index (χ0v) is 19.2. The summed E-state index contributed by atoms with van der Waals surface area (Å²) in [6.07, 6.45) is 6.89. The number of carbonyl (C=O) groups excluding carboxylic acids is 2. The van der Waals surface area contributed by atoms with E-state index in [-0.39, 0.29) is 30.5 Å². The number of nitrogens with zero attached hydrogens (tertiary/aromatic N) is 2. The van der Waals surface area contributed by atoms with Gasteiger partial charge >= 0.3 is 5.97 Å². The maximum atomic E-state index is 14.9. The van der Waals surface area contributed by atoms with E-state index in [4.69, 9.17) is 5.11 Å². The van der Waals surface area contributed by atoms with E-state index in [1.807, 2.05) is 0 Å². The zero-order chi connectivity index (χ0) is 23.6. The fourth-order valence-electron chi connectivity index (χ4n) is 4.46. The molecular formula is C24H35FN4O4. The van der Waals surface area contributed by atoms with Crippen LogP contribution >= 0.6 is 0 Å². The topological polar surface area (TPSA) is 102 Å². The number of halogens is 1. The van der Waals surface area contributed by atoms with E-state index in [0.29, 0.717) is 17.8 Å². The Bertz CT molecular complexity index is 835. The summed E-state index contributed by atoms with van der Waals surface area (Å²) in [5.74, 6) is -1.68. The summed E-state index contributed by atoms with van der Waals surface area (Å²) in [6, 6.07) is 4.44. The Morgan fingerprint density at radius 1 is 1.09 bits per heavy atom.